The van der Waals surface area contributed by atoms with Crippen molar-refractivity contribution in [3.05, 3.63) is 22.4 Å². The maximum absolute atomic E-state index is 12.3. The van der Waals surface area contributed by atoms with Crippen LogP contribution in [0.2, 0.25) is 0 Å². The van der Waals surface area contributed by atoms with Crippen molar-refractivity contribution in [2.24, 2.45) is 0 Å². The van der Waals surface area contributed by atoms with Gasteiger partial charge < -0.3 is 15.0 Å². The van der Waals surface area contributed by atoms with Crippen LogP contribution in [0, 0.1) is 0 Å². The molecule has 1 N–H and O–H groups in total. The van der Waals surface area contributed by atoms with Crippen molar-refractivity contribution >= 4 is 23.2 Å². The van der Waals surface area contributed by atoms with Crippen LogP contribution >= 0.6 is 11.3 Å². The minimum atomic E-state index is -0.240. The normalized spacial score (nSPS) is 22.3. The average Bonchev–Trinajstić information content (AvgIpc) is 3.26. The van der Waals surface area contributed by atoms with Crippen molar-refractivity contribution in [1.82, 2.24) is 15.1 Å². The summed E-state index contributed by atoms with van der Waals surface area (Å²) >= 11 is 1.64. The molecule has 0 spiro atoms. The number of rotatable bonds is 5. The van der Waals surface area contributed by atoms with E-state index in [0.29, 0.717) is 32.8 Å². The second-order valence-electron chi connectivity index (χ2n) is 5.96. The third-order valence-electron chi connectivity index (χ3n) is 4.30. The van der Waals surface area contributed by atoms with Gasteiger partial charge in [-0.1, -0.05) is 6.07 Å². The number of ether oxygens (including phenoxy) is 1. The molecular weight excluding hydrogens is 314 g/mol. The molecule has 1 aromatic heterocycles. The minimum Gasteiger partial charge on any atom is -0.368 e. The summed E-state index contributed by atoms with van der Waals surface area (Å²) in [5, 5.41) is 4.95. The summed E-state index contributed by atoms with van der Waals surface area (Å²) in [7, 11) is 0. The highest BCUT2D eigenvalue weighted by Crippen LogP contribution is 2.16. The molecule has 1 aromatic rings. The van der Waals surface area contributed by atoms with Crippen molar-refractivity contribution in [1.29, 1.82) is 0 Å². The lowest BCUT2D eigenvalue weighted by atomic mass is 10.2. The molecule has 3 heterocycles. The fraction of sp³-hybridized carbons (Fsp3) is 0.625. The largest absolute Gasteiger partial charge is 0.368 e. The van der Waals surface area contributed by atoms with Crippen LogP contribution in [0.15, 0.2) is 17.5 Å². The van der Waals surface area contributed by atoms with Gasteiger partial charge in [-0.05, 0) is 24.3 Å². The van der Waals surface area contributed by atoms with E-state index in [1.54, 1.807) is 11.3 Å². The molecule has 23 heavy (non-hydrogen) atoms. The number of nitrogens with zero attached hydrogens (tertiary/aromatic N) is 2. The van der Waals surface area contributed by atoms with Gasteiger partial charge in [-0.15, -0.1) is 11.3 Å². The van der Waals surface area contributed by atoms with Crippen molar-refractivity contribution < 1.29 is 14.3 Å². The second kappa shape index (κ2) is 7.90. The van der Waals surface area contributed by atoms with E-state index in [2.05, 4.69) is 10.2 Å². The van der Waals surface area contributed by atoms with Gasteiger partial charge in [0, 0.05) is 37.7 Å². The Labute approximate surface area is 140 Å². The topological polar surface area (TPSA) is 61.9 Å². The molecule has 1 unspecified atom stereocenters. The predicted molar refractivity (Wildman–Crippen MR) is 88.2 cm³/mol. The van der Waals surface area contributed by atoms with Crippen LogP contribution in [-0.2, 0) is 20.9 Å². The molecule has 126 valence electrons. The van der Waals surface area contributed by atoms with E-state index in [9.17, 15) is 9.59 Å². The lowest BCUT2D eigenvalue weighted by Crippen LogP contribution is -2.53. The van der Waals surface area contributed by atoms with Gasteiger partial charge in [-0.3, -0.25) is 14.5 Å². The van der Waals surface area contributed by atoms with E-state index in [1.165, 1.54) is 0 Å². The highest BCUT2D eigenvalue weighted by Gasteiger charge is 2.30. The predicted octanol–water partition coefficient (Wildman–Crippen LogP) is 0.688. The Hall–Kier alpha value is -1.44. The van der Waals surface area contributed by atoms with E-state index in [-0.39, 0.29) is 17.9 Å². The summed E-state index contributed by atoms with van der Waals surface area (Å²) < 4.78 is 5.46. The Balaban J connectivity index is 1.37. The minimum absolute atomic E-state index is 0.0392. The Morgan fingerprint density at radius 2 is 2.13 bits per heavy atom. The summed E-state index contributed by atoms with van der Waals surface area (Å²) in [6.07, 6.45) is 1.57. The standard InChI is InChI=1S/C16H23N3O3S/c20-15(17-11-13-3-2-10-23-13)12-18-5-7-19(8-6-18)16(21)14-4-1-9-22-14/h2-3,10,14H,1,4-9,11-12H2,(H,17,20). The molecule has 1 atom stereocenters. The van der Waals surface area contributed by atoms with Gasteiger partial charge >= 0.3 is 0 Å². The Morgan fingerprint density at radius 3 is 2.78 bits per heavy atom. The molecular formula is C16H23N3O3S. The lowest BCUT2D eigenvalue weighted by molar-refractivity contribution is -0.142. The first-order valence-electron chi connectivity index (χ1n) is 8.14. The fourth-order valence-corrected chi connectivity index (χ4v) is 3.60. The number of hydrogen-bond acceptors (Lipinski definition) is 5. The third kappa shape index (κ3) is 4.53. The number of nitrogens with one attached hydrogen (secondary N) is 1. The Bertz CT molecular complexity index is 521. The lowest BCUT2D eigenvalue weighted by Gasteiger charge is -2.35. The molecule has 2 fully saturated rings. The molecule has 2 aliphatic rings. The number of thiophene rings is 1. The first-order valence-corrected chi connectivity index (χ1v) is 9.02. The molecule has 2 aliphatic heterocycles. The van der Waals surface area contributed by atoms with Crippen LogP contribution in [0.5, 0.6) is 0 Å². The molecule has 0 bridgehead atoms. The number of amides is 2. The second-order valence-corrected chi connectivity index (χ2v) is 6.99. The SMILES string of the molecule is O=C(CN1CCN(C(=O)C2CCCO2)CC1)NCc1cccs1. The highest BCUT2D eigenvalue weighted by molar-refractivity contribution is 7.09. The van der Waals surface area contributed by atoms with E-state index in [4.69, 9.17) is 4.74 Å². The first kappa shape index (κ1) is 16.4. The molecule has 2 saturated heterocycles. The van der Waals surface area contributed by atoms with E-state index < -0.39 is 0 Å². The molecule has 0 saturated carbocycles. The fourth-order valence-electron chi connectivity index (χ4n) is 2.96. The molecule has 7 heteroatoms. The van der Waals surface area contributed by atoms with Crippen LogP contribution in [0.4, 0.5) is 0 Å². The molecule has 0 aliphatic carbocycles. The summed E-state index contributed by atoms with van der Waals surface area (Å²) in [5.41, 5.74) is 0. The van der Waals surface area contributed by atoms with Crippen LogP contribution in [0.3, 0.4) is 0 Å². The Kier molecular flexibility index (Phi) is 5.64. The zero-order valence-electron chi connectivity index (χ0n) is 13.2. The number of hydrogen-bond donors (Lipinski definition) is 1. The molecule has 2 amide bonds. The Morgan fingerprint density at radius 1 is 1.30 bits per heavy atom. The number of carbonyl (C=O) groups excluding carboxylic acids is 2. The summed E-state index contributed by atoms with van der Waals surface area (Å²) in [5.74, 6) is 0.154. The van der Waals surface area contributed by atoms with Crippen LogP contribution in [0.25, 0.3) is 0 Å². The smallest absolute Gasteiger partial charge is 0.251 e. The van der Waals surface area contributed by atoms with Gasteiger partial charge in [-0.25, -0.2) is 0 Å². The monoisotopic (exact) mass is 337 g/mol. The molecule has 3 rings (SSSR count). The number of piperazine rings is 1. The maximum atomic E-state index is 12.3. The van der Waals surface area contributed by atoms with E-state index >= 15 is 0 Å². The summed E-state index contributed by atoms with van der Waals surface area (Å²) in [6, 6.07) is 4.00. The average molecular weight is 337 g/mol. The van der Waals surface area contributed by atoms with Crippen LogP contribution in [0.1, 0.15) is 17.7 Å². The van der Waals surface area contributed by atoms with Gasteiger partial charge in [0.25, 0.3) is 5.91 Å². The van der Waals surface area contributed by atoms with Crippen LogP contribution < -0.4 is 5.32 Å². The van der Waals surface area contributed by atoms with E-state index in [0.717, 1.165) is 30.8 Å². The summed E-state index contributed by atoms with van der Waals surface area (Å²) in [6.45, 7) is 4.52. The molecule has 6 nitrogen and oxygen atoms in total. The quantitative estimate of drug-likeness (QED) is 0.859. The van der Waals surface area contributed by atoms with Gasteiger partial charge in [-0.2, -0.15) is 0 Å². The first-order chi connectivity index (χ1) is 11.2. The van der Waals surface area contributed by atoms with E-state index in [1.807, 2.05) is 22.4 Å². The van der Waals surface area contributed by atoms with Crippen LogP contribution in [-0.4, -0.2) is 67.0 Å². The highest BCUT2D eigenvalue weighted by atomic mass is 32.1. The van der Waals surface area contributed by atoms with Gasteiger partial charge in [0.1, 0.15) is 6.10 Å². The van der Waals surface area contributed by atoms with Gasteiger partial charge in [0.05, 0.1) is 13.1 Å². The number of carbonyl (C=O) groups is 2. The van der Waals surface area contributed by atoms with Crippen molar-refractivity contribution in [2.75, 3.05) is 39.3 Å². The maximum Gasteiger partial charge on any atom is 0.251 e. The zero-order valence-corrected chi connectivity index (χ0v) is 14.0. The third-order valence-corrected chi connectivity index (χ3v) is 5.17. The van der Waals surface area contributed by atoms with Crippen molar-refractivity contribution in [3.8, 4) is 0 Å². The molecule has 0 radical (unpaired) electrons. The summed E-state index contributed by atoms with van der Waals surface area (Å²) in [4.78, 5) is 29.4. The molecule has 0 aromatic carbocycles. The zero-order chi connectivity index (χ0) is 16.1. The van der Waals surface area contributed by atoms with Crippen molar-refractivity contribution in [3.63, 3.8) is 0 Å². The van der Waals surface area contributed by atoms with Crippen molar-refractivity contribution in [2.45, 2.75) is 25.5 Å². The van der Waals surface area contributed by atoms with Gasteiger partial charge in [0.2, 0.25) is 5.91 Å². The van der Waals surface area contributed by atoms with Gasteiger partial charge in [0.15, 0.2) is 0 Å².